The lowest BCUT2D eigenvalue weighted by Gasteiger charge is -2.16. The number of β-amino-alcohol motifs (C(OH)–C–C–N with tert-alkyl or cyclic N) is 1. The Kier molecular flexibility index (Phi) is 4.25. The number of benzene rings is 2. The predicted octanol–water partition coefficient (Wildman–Crippen LogP) is 3.23. The fourth-order valence-corrected chi connectivity index (χ4v) is 2.61. The molecule has 2 N–H and O–H groups in total. The average molecular weight is 318 g/mol. The second-order valence-electron chi connectivity index (χ2n) is 5.52. The first-order valence-electron chi connectivity index (χ1n) is 7.32. The molecule has 0 radical (unpaired) electrons. The number of nitrogens with one attached hydrogen (secondary N) is 1. The van der Waals surface area contributed by atoms with Gasteiger partial charge in [-0.3, -0.25) is 0 Å². The van der Waals surface area contributed by atoms with Crippen LogP contribution in [0.5, 0.6) is 0 Å². The highest BCUT2D eigenvalue weighted by atomic mass is 19.1. The summed E-state index contributed by atoms with van der Waals surface area (Å²) >= 11 is 0. The molecule has 1 fully saturated rings. The quantitative estimate of drug-likeness (QED) is 0.893. The molecule has 0 spiro atoms. The molecule has 120 valence electrons. The molecule has 0 aliphatic carbocycles. The molecule has 0 bridgehead atoms. The lowest BCUT2D eigenvalue weighted by Crippen LogP contribution is -2.33. The van der Waals surface area contributed by atoms with Crippen LogP contribution in [0.25, 0.3) is 11.1 Å². The summed E-state index contributed by atoms with van der Waals surface area (Å²) < 4.78 is 27.5. The van der Waals surface area contributed by atoms with E-state index >= 15 is 0 Å². The Morgan fingerprint density at radius 2 is 2.04 bits per heavy atom. The number of aliphatic hydroxyl groups is 1. The van der Waals surface area contributed by atoms with Crippen LogP contribution in [0.1, 0.15) is 6.42 Å². The molecule has 1 atom stereocenters. The van der Waals surface area contributed by atoms with Crippen LogP contribution < -0.4 is 5.32 Å². The van der Waals surface area contributed by atoms with Crippen LogP contribution in [0.2, 0.25) is 0 Å². The molecule has 0 unspecified atom stereocenters. The van der Waals surface area contributed by atoms with Crippen LogP contribution in [0.3, 0.4) is 0 Å². The normalized spacial score (nSPS) is 17.3. The van der Waals surface area contributed by atoms with Crippen molar-refractivity contribution in [3.8, 4) is 11.1 Å². The van der Waals surface area contributed by atoms with E-state index in [1.165, 1.54) is 35.2 Å². The van der Waals surface area contributed by atoms with Gasteiger partial charge in [0, 0.05) is 24.3 Å². The standard InChI is InChI=1S/C17H16F2N2O2/c18-12-3-1-2-11(8-12)15-5-4-13(9-16(15)19)20-17(23)21-7-6-14(22)10-21/h1-5,8-9,14,22H,6-7,10H2,(H,20,23)/t14-/m0/s1. The lowest BCUT2D eigenvalue weighted by molar-refractivity contribution is 0.176. The Morgan fingerprint density at radius 1 is 1.22 bits per heavy atom. The largest absolute Gasteiger partial charge is 0.391 e. The molecule has 0 aromatic heterocycles. The van der Waals surface area contributed by atoms with Gasteiger partial charge in [-0.05, 0) is 42.3 Å². The van der Waals surface area contributed by atoms with Crippen molar-refractivity contribution in [2.75, 3.05) is 18.4 Å². The van der Waals surface area contributed by atoms with Gasteiger partial charge in [-0.2, -0.15) is 0 Å². The minimum absolute atomic E-state index is 0.263. The Labute approximate surface area is 132 Å². The molecule has 2 amide bonds. The maximum atomic E-state index is 14.2. The first-order valence-corrected chi connectivity index (χ1v) is 7.32. The minimum atomic E-state index is -0.546. The van der Waals surface area contributed by atoms with Crippen molar-refractivity contribution in [2.24, 2.45) is 0 Å². The number of hydrogen-bond acceptors (Lipinski definition) is 2. The van der Waals surface area contributed by atoms with Crippen LogP contribution in [-0.4, -0.2) is 35.2 Å². The summed E-state index contributed by atoms with van der Waals surface area (Å²) in [6, 6.07) is 9.56. The highest BCUT2D eigenvalue weighted by Crippen LogP contribution is 2.26. The molecule has 6 heteroatoms. The maximum absolute atomic E-state index is 14.2. The third-order valence-corrected chi connectivity index (χ3v) is 3.81. The number of rotatable bonds is 2. The fourth-order valence-electron chi connectivity index (χ4n) is 2.61. The molecule has 4 nitrogen and oxygen atoms in total. The smallest absolute Gasteiger partial charge is 0.321 e. The van der Waals surface area contributed by atoms with Crippen LogP contribution in [0, 0.1) is 11.6 Å². The van der Waals surface area contributed by atoms with Gasteiger partial charge in [0.15, 0.2) is 0 Å². The van der Waals surface area contributed by atoms with Crippen molar-refractivity contribution in [1.29, 1.82) is 0 Å². The average Bonchev–Trinajstić information content (AvgIpc) is 2.94. The third kappa shape index (κ3) is 3.48. The van der Waals surface area contributed by atoms with E-state index in [1.54, 1.807) is 12.1 Å². The zero-order valence-electron chi connectivity index (χ0n) is 12.3. The third-order valence-electron chi connectivity index (χ3n) is 3.81. The van der Waals surface area contributed by atoms with Gasteiger partial charge in [0.1, 0.15) is 11.6 Å². The molecule has 23 heavy (non-hydrogen) atoms. The van der Waals surface area contributed by atoms with Crippen molar-refractivity contribution < 1.29 is 18.7 Å². The molecule has 1 saturated heterocycles. The molecular formula is C17H16F2N2O2. The van der Waals surface area contributed by atoms with Crippen molar-refractivity contribution in [3.05, 3.63) is 54.1 Å². The van der Waals surface area contributed by atoms with Gasteiger partial charge in [-0.1, -0.05) is 12.1 Å². The van der Waals surface area contributed by atoms with Crippen molar-refractivity contribution in [3.63, 3.8) is 0 Å². The van der Waals surface area contributed by atoms with Gasteiger partial charge < -0.3 is 15.3 Å². The summed E-state index contributed by atoms with van der Waals surface area (Å²) in [4.78, 5) is 13.5. The van der Waals surface area contributed by atoms with Gasteiger partial charge in [-0.15, -0.1) is 0 Å². The van der Waals surface area contributed by atoms with Gasteiger partial charge in [0.05, 0.1) is 6.10 Å². The van der Waals surface area contributed by atoms with Gasteiger partial charge in [0.2, 0.25) is 0 Å². The second kappa shape index (κ2) is 6.34. The Hall–Kier alpha value is -2.47. The number of carbonyl (C=O) groups is 1. The molecule has 1 aliphatic rings. The van der Waals surface area contributed by atoms with Crippen molar-refractivity contribution in [2.45, 2.75) is 12.5 Å². The van der Waals surface area contributed by atoms with E-state index in [2.05, 4.69) is 5.32 Å². The molecule has 1 aliphatic heterocycles. The van der Waals surface area contributed by atoms with E-state index in [1.807, 2.05) is 0 Å². The summed E-state index contributed by atoms with van der Waals surface area (Å²) in [6.07, 6.45) is 0.0353. The van der Waals surface area contributed by atoms with Crippen molar-refractivity contribution in [1.82, 2.24) is 4.90 Å². The molecule has 0 saturated carbocycles. The summed E-state index contributed by atoms with van der Waals surface area (Å²) in [7, 11) is 0. The molecule has 2 aromatic rings. The monoisotopic (exact) mass is 318 g/mol. The molecular weight excluding hydrogens is 302 g/mol. The number of anilines is 1. The van der Waals surface area contributed by atoms with Crippen LogP contribution in [-0.2, 0) is 0 Å². The summed E-state index contributed by atoms with van der Waals surface area (Å²) in [6.45, 7) is 0.743. The predicted molar refractivity (Wildman–Crippen MR) is 83.0 cm³/mol. The number of halogens is 2. The molecule has 1 heterocycles. The SMILES string of the molecule is O=C(Nc1ccc(-c2cccc(F)c2)c(F)c1)N1CC[C@H](O)C1. The number of amides is 2. The number of likely N-dealkylation sites (tertiary alicyclic amines) is 1. The number of nitrogens with zero attached hydrogens (tertiary/aromatic N) is 1. The second-order valence-corrected chi connectivity index (χ2v) is 5.52. The lowest BCUT2D eigenvalue weighted by atomic mass is 10.0. The van der Waals surface area contributed by atoms with Crippen molar-refractivity contribution >= 4 is 11.7 Å². The van der Waals surface area contributed by atoms with E-state index in [0.29, 0.717) is 24.2 Å². The molecule has 3 rings (SSSR count). The molecule has 2 aromatic carbocycles. The first-order chi connectivity index (χ1) is 11.0. The van der Waals surface area contributed by atoms with E-state index in [-0.39, 0.29) is 18.1 Å². The highest BCUT2D eigenvalue weighted by molar-refractivity contribution is 5.90. The van der Waals surface area contributed by atoms with Gasteiger partial charge in [0.25, 0.3) is 0 Å². The Balaban J connectivity index is 1.75. The highest BCUT2D eigenvalue weighted by Gasteiger charge is 2.24. The maximum Gasteiger partial charge on any atom is 0.321 e. The number of urea groups is 1. The number of hydrogen-bond donors (Lipinski definition) is 2. The van der Waals surface area contributed by atoms with Gasteiger partial charge >= 0.3 is 6.03 Å². The zero-order valence-corrected chi connectivity index (χ0v) is 12.3. The minimum Gasteiger partial charge on any atom is -0.391 e. The number of aliphatic hydroxyl groups excluding tert-OH is 1. The zero-order chi connectivity index (χ0) is 16.4. The summed E-state index contributed by atoms with van der Waals surface area (Å²) in [5, 5.41) is 12.0. The van der Waals surface area contributed by atoms with Crippen LogP contribution in [0.15, 0.2) is 42.5 Å². The van der Waals surface area contributed by atoms with Gasteiger partial charge in [-0.25, -0.2) is 13.6 Å². The fraction of sp³-hybridized carbons (Fsp3) is 0.235. The Morgan fingerprint density at radius 3 is 2.70 bits per heavy atom. The topological polar surface area (TPSA) is 52.6 Å². The van der Waals surface area contributed by atoms with E-state index in [4.69, 9.17) is 0 Å². The summed E-state index contributed by atoms with van der Waals surface area (Å²) in [5.74, 6) is -0.985. The van der Waals surface area contributed by atoms with E-state index < -0.39 is 17.7 Å². The Bertz CT molecular complexity index is 736. The number of carbonyl (C=O) groups excluding carboxylic acids is 1. The van der Waals surface area contributed by atoms with Crippen LogP contribution >= 0.6 is 0 Å². The van der Waals surface area contributed by atoms with E-state index in [9.17, 15) is 18.7 Å². The van der Waals surface area contributed by atoms with Crippen LogP contribution in [0.4, 0.5) is 19.3 Å². The summed E-state index contributed by atoms with van der Waals surface area (Å²) in [5.41, 5.74) is 1.01. The first kappa shape index (κ1) is 15.4. The van der Waals surface area contributed by atoms with E-state index in [0.717, 1.165) is 0 Å².